The normalized spacial score (nSPS) is 9.39. The fourth-order valence-corrected chi connectivity index (χ4v) is 1.31. The highest BCUT2D eigenvalue weighted by atomic mass is 16.5. The van der Waals surface area contributed by atoms with Crippen molar-refractivity contribution in [3.63, 3.8) is 0 Å². The van der Waals surface area contributed by atoms with E-state index < -0.39 is 0 Å². The molecule has 0 aliphatic heterocycles. The van der Waals surface area contributed by atoms with Gasteiger partial charge in [0.15, 0.2) is 0 Å². The zero-order valence-corrected chi connectivity index (χ0v) is 10.2. The van der Waals surface area contributed by atoms with Gasteiger partial charge in [0.1, 0.15) is 5.75 Å². The third-order valence-electron chi connectivity index (χ3n) is 2.11. The molecule has 0 atom stereocenters. The van der Waals surface area contributed by atoms with Crippen molar-refractivity contribution in [1.82, 2.24) is 0 Å². The van der Waals surface area contributed by atoms with E-state index in [4.69, 9.17) is 9.47 Å². The molecule has 0 N–H and O–H groups in total. The monoisotopic (exact) mass is 249 g/mol. The predicted octanol–water partition coefficient (Wildman–Crippen LogP) is 2.38. The van der Waals surface area contributed by atoms with E-state index in [-0.39, 0.29) is 5.97 Å². The van der Waals surface area contributed by atoms with Crippen LogP contribution in [0.4, 0.5) is 5.69 Å². The summed E-state index contributed by atoms with van der Waals surface area (Å²) in [6, 6.07) is 6.73. The fourth-order valence-electron chi connectivity index (χ4n) is 1.31. The van der Waals surface area contributed by atoms with Crippen molar-refractivity contribution < 1.29 is 19.1 Å². The van der Waals surface area contributed by atoms with Crippen LogP contribution < -0.4 is 4.74 Å². The van der Waals surface area contributed by atoms with Crippen LogP contribution >= 0.6 is 0 Å². The van der Waals surface area contributed by atoms with Crippen LogP contribution in [0.25, 0.3) is 0 Å². The van der Waals surface area contributed by atoms with Gasteiger partial charge in [-0.2, -0.15) is 4.99 Å². The van der Waals surface area contributed by atoms with E-state index in [1.807, 2.05) is 0 Å². The maximum absolute atomic E-state index is 11.0. The third kappa shape index (κ3) is 5.27. The lowest BCUT2D eigenvalue weighted by molar-refractivity contribution is -0.143. The molecule has 0 aromatic heterocycles. The van der Waals surface area contributed by atoms with Crippen molar-refractivity contribution >= 4 is 17.7 Å². The smallest absolute Gasteiger partial charge is 0.305 e. The molecule has 0 aliphatic rings. The van der Waals surface area contributed by atoms with Crippen LogP contribution in [0.2, 0.25) is 0 Å². The summed E-state index contributed by atoms with van der Waals surface area (Å²) >= 11 is 0. The Hall–Kier alpha value is -2.13. The van der Waals surface area contributed by atoms with Crippen LogP contribution in [0.15, 0.2) is 29.3 Å². The summed E-state index contributed by atoms with van der Waals surface area (Å²) in [6.07, 6.45) is 2.42. The highest BCUT2D eigenvalue weighted by Crippen LogP contribution is 2.17. The van der Waals surface area contributed by atoms with Crippen LogP contribution in [-0.2, 0) is 14.3 Å². The van der Waals surface area contributed by atoms with Gasteiger partial charge in [-0.1, -0.05) is 0 Å². The van der Waals surface area contributed by atoms with Crippen LogP contribution in [0.1, 0.15) is 19.8 Å². The number of aliphatic imine (C=N–C) groups is 1. The van der Waals surface area contributed by atoms with Crippen molar-refractivity contribution in [2.24, 2.45) is 4.99 Å². The second-order valence-electron chi connectivity index (χ2n) is 3.45. The molecule has 5 nitrogen and oxygen atoms in total. The Balaban J connectivity index is 2.27. The highest BCUT2D eigenvalue weighted by Gasteiger charge is 2.01. The number of carbonyl (C=O) groups excluding carboxylic acids is 2. The van der Waals surface area contributed by atoms with E-state index in [0.717, 1.165) is 0 Å². The molecular weight excluding hydrogens is 234 g/mol. The Bertz CT molecular complexity index is 421. The standard InChI is InChI=1S/C13H15NO4/c1-2-17-13(16)4-3-9-18-12-7-5-11(6-8-12)14-10-15/h5-8H,2-4,9H2,1H3. The van der Waals surface area contributed by atoms with Crippen LogP contribution in [-0.4, -0.2) is 25.3 Å². The molecule has 0 fully saturated rings. The van der Waals surface area contributed by atoms with Crippen molar-refractivity contribution in [3.05, 3.63) is 24.3 Å². The number of benzene rings is 1. The zero-order valence-electron chi connectivity index (χ0n) is 10.2. The molecule has 18 heavy (non-hydrogen) atoms. The van der Waals surface area contributed by atoms with Gasteiger partial charge in [-0.05, 0) is 37.6 Å². The van der Waals surface area contributed by atoms with E-state index in [9.17, 15) is 9.59 Å². The minimum atomic E-state index is -0.211. The number of ether oxygens (including phenoxy) is 2. The first-order chi connectivity index (χ1) is 8.76. The van der Waals surface area contributed by atoms with E-state index in [1.54, 1.807) is 31.2 Å². The highest BCUT2D eigenvalue weighted by molar-refractivity contribution is 5.69. The van der Waals surface area contributed by atoms with Gasteiger partial charge in [0.25, 0.3) is 0 Å². The maximum Gasteiger partial charge on any atom is 0.305 e. The molecule has 0 saturated carbocycles. The second kappa shape index (κ2) is 8.03. The SMILES string of the molecule is CCOC(=O)CCCOc1ccc(N=C=O)cc1. The summed E-state index contributed by atoms with van der Waals surface area (Å²) in [7, 11) is 0. The Morgan fingerprint density at radius 3 is 2.67 bits per heavy atom. The van der Waals surface area contributed by atoms with E-state index >= 15 is 0 Å². The van der Waals surface area contributed by atoms with Gasteiger partial charge in [0.05, 0.1) is 18.9 Å². The molecule has 1 aromatic carbocycles. The number of isocyanates is 1. The van der Waals surface area contributed by atoms with Gasteiger partial charge in [-0.25, -0.2) is 4.79 Å². The van der Waals surface area contributed by atoms with Gasteiger partial charge in [-0.15, -0.1) is 0 Å². The molecule has 0 unspecified atom stereocenters. The molecular formula is C13H15NO4. The molecule has 0 amide bonds. The van der Waals surface area contributed by atoms with Crippen molar-refractivity contribution in [1.29, 1.82) is 0 Å². The van der Waals surface area contributed by atoms with Crippen LogP contribution in [0.5, 0.6) is 5.75 Å². The Morgan fingerprint density at radius 1 is 1.33 bits per heavy atom. The lowest BCUT2D eigenvalue weighted by Crippen LogP contribution is -2.06. The van der Waals surface area contributed by atoms with Crippen LogP contribution in [0.3, 0.4) is 0 Å². The van der Waals surface area contributed by atoms with E-state index in [2.05, 4.69) is 4.99 Å². The average molecular weight is 249 g/mol. The van der Waals surface area contributed by atoms with Gasteiger partial charge in [-0.3, -0.25) is 4.79 Å². The summed E-state index contributed by atoms with van der Waals surface area (Å²) in [5.41, 5.74) is 0.531. The number of rotatable bonds is 7. The summed E-state index contributed by atoms with van der Waals surface area (Å²) < 4.78 is 10.2. The van der Waals surface area contributed by atoms with Crippen molar-refractivity contribution in [3.8, 4) is 5.75 Å². The molecule has 0 radical (unpaired) electrons. The minimum Gasteiger partial charge on any atom is -0.494 e. The molecule has 1 rings (SSSR count). The fraction of sp³-hybridized carbons (Fsp3) is 0.385. The van der Waals surface area contributed by atoms with Gasteiger partial charge in [0.2, 0.25) is 6.08 Å². The van der Waals surface area contributed by atoms with Crippen LogP contribution in [0, 0.1) is 0 Å². The second-order valence-corrected chi connectivity index (χ2v) is 3.45. The maximum atomic E-state index is 11.0. The van der Waals surface area contributed by atoms with E-state index in [0.29, 0.717) is 37.5 Å². The van der Waals surface area contributed by atoms with Gasteiger partial charge >= 0.3 is 5.97 Å². The molecule has 0 saturated heterocycles. The van der Waals surface area contributed by atoms with Crippen molar-refractivity contribution in [2.75, 3.05) is 13.2 Å². The van der Waals surface area contributed by atoms with Crippen molar-refractivity contribution in [2.45, 2.75) is 19.8 Å². The Morgan fingerprint density at radius 2 is 2.06 bits per heavy atom. The first kappa shape index (κ1) is 13.9. The molecule has 0 heterocycles. The topological polar surface area (TPSA) is 65.0 Å². The quantitative estimate of drug-likeness (QED) is 0.322. The molecule has 96 valence electrons. The average Bonchev–Trinajstić information content (AvgIpc) is 2.37. The number of esters is 1. The van der Waals surface area contributed by atoms with E-state index in [1.165, 1.54) is 6.08 Å². The van der Waals surface area contributed by atoms with Gasteiger partial charge in [0, 0.05) is 6.42 Å². The Labute approximate surface area is 105 Å². The summed E-state index contributed by atoms with van der Waals surface area (Å²) in [6.45, 7) is 2.62. The number of hydrogen-bond donors (Lipinski definition) is 0. The first-order valence-electron chi connectivity index (χ1n) is 5.72. The Kier molecular flexibility index (Phi) is 6.22. The lowest BCUT2D eigenvalue weighted by atomic mass is 10.3. The molecule has 1 aromatic rings. The summed E-state index contributed by atoms with van der Waals surface area (Å²) in [4.78, 5) is 24.5. The first-order valence-corrected chi connectivity index (χ1v) is 5.72. The lowest BCUT2D eigenvalue weighted by Gasteiger charge is -2.05. The molecule has 5 heteroatoms. The summed E-state index contributed by atoms with van der Waals surface area (Å²) in [5, 5.41) is 0. The molecule has 0 bridgehead atoms. The molecule has 0 aliphatic carbocycles. The summed E-state index contributed by atoms with van der Waals surface area (Å²) in [5.74, 6) is 0.459. The number of hydrogen-bond acceptors (Lipinski definition) is 5. The predicted molar refractivity (Wildman–Crippen MR) is 65.6 cm³/mol. The third-order valence-corrected chi connectivity index (χ3v) is 2.11. The van der Waals surface area contributed by atoms with Gasteiger partial charge < -0.3 is 9.47 Å². The number of carbonyl (C=O) groups is 1. The largest absolute Gasteiger partial charge is 0.494 e. The molecule has 0 spiro atoms. The number of nitrogens with zero attached hydrogens (tertiary/aromatic N) is 1. The minimum absolute atomic E-state index is 0.211. The zero-order chi connectivity index (χ0) is 13.2.